The Hall–Kier alpha value is -3.55. The highest BCUT2D eigenvalue weighted by molar-refractivity contribution is 7.19. The van der Waals surface area contributed by atoms with Gasteiger partial charge in [0.1, 0.15) is 5.75 Å². The fourth-order valence-electron chi connectivity index (χ4n) is 2.92. The van der Waals surface area contributed by atoms with Gasteiger partial charge in [0.2, 0.25) is 5.13 Å². The first-order valence-corrected chi connectivity index (χ1v) is 10.4. The molecule has 3 aromatic carbocycles. The van der Waals surface area contributed by atoms with E-state index in [1.807, 2.05) is 36.4 Å². The first-order valence-electron chi connectivity index (χ1n) is 9.23. The molecule has 0 fully saturated rings. The largest absolute Gasteiger partial charge is 0.497 e. The van der Waals surface area contributed by atoms with E-state index in [9.17, 15) is 10.1 Å². The first kappa shape index (κ1) is 20.7. The molecule has 0 bridgehead atoms. The number of nitro benzene ring substituents is 1. The van der Waals surface area contributed by atoms with Gasteiger partial charge in [0.25, 0.3) is 5.69 Å². The smallest absolute Gasteiger partial charge is 0.269 e. The molecule has 0 aliphatic carbocycles. The third kappa shape index (κ3) is 4.79. The lowest BCUT2D eigenvalue weighted by molar-refractivity contribution is -0.384. The Morgan fingerprint density at radius 3 is 2.26 bits per heavy atom. The van der Waals surface area contributed by atoms with Crippen LogP contribution in [0.15, 0.2) is 77.8 Å². The number of aromatic nitrogens is 1. The quantitative estimate of drug-likeness (QED) is 0.184. The molecule has 1 aromatic heterocycles. The number of non-ortho nitro benzene ring substituents is 1. The second-order valence-corrected chi connectivity index (χ2v) is 7.93. The average Bonchev–Trinajstić information content (AvgIpc) is 3.23. The van der Waals surface area contributed by atoms with Gasteiger partial charge in [-0.15, -0.1) is 0 Å². The maximum absolute atomic E-state index is 11.0. The number of hydrogen-bond acceptors (Lipinski definition) is 6. The van der Waals surface area contributed by atoms with Crippen LogP contribution >= 0.6 is 22.9 Å². The number of rotatable bonds is 6. The molecule has 0 aliphatic rings. The van der Waals surface area contributed by atoms with Gasteiger partial charge < -0.3 is 4.74 Å². The minimum absolute atomic E-state index is 0.0419. The maximum Gasteiger partial charge on any atom is 0.269 e. The Morgan fingerprint density at radius 2 is 1.65 bits per heavy atom. The van der Waals surface area contributed by atoms with Gasteiger partial charge in [-0.05, 0) is 59.7 Å². The van der Waals surface area contributed by atoms with Crippen LogP contribution in [-0.2, 0) is 0 Å². The normalized spacial score (nSPS) is 11.0. The topological polar surface area (TPSA) is 77.6 Å². The number of ether oxygens (including phenoxy) is 1. The van der Waals surface area contributed by atoms with Crippen molar-refractivity contribution in [3.63, 3.8) is 0 Å². The Kier molecular flexibility index (Phi) is 6.06. The Morgan fingerprint density at radius 1 is 1.00 bits per heavy atom. The van der Waals surface area contributed by atoms with E-state index in [1.165, 1.54) is 23.5 Å². The summed E-state index contributed by atoms with van der Waals surface area (Å²) in [5.41, 5.74) is 3.44. The number of nitrogens with zero attached hydrogens (tertiary/aromatic N) is 3. The summed E-state index contributed by atoms with van der Waals surface area (Å²) in [7, 11) is 1.61. The third-order valence-electron chi connectivity index (χ3n) is 4.51. The molecule has 154 valence electrons. The van der Waals surface area contributed by atoms with Crippen LogP contribution in [0.1, 0.15) is 5.56 Å². The molecule has 31 heavy (non-hydrogen) atoms. The van der Waals surface area contributed by atoms with Crippen LogP contribution in [-0.4, -0.2) is 23.2 Å². The predicted octanol–water partition coefficient (Wildman–Crippen LogP) is 6.80. The Bertz CT molecular complexity index is 1230. The molecule has 0 spiro atoms. The zero-order chi connectivity index (χ0) is 21.8. The van der Waals surface area contributed by atoms with E-state index in [1.54, 1.807) is 37.6 Å². The molecule has 1 heterocycles. The molecule has 0 unspecified atom stereocenters. The van der Waals surface area contributed by atoms with Crippen molar-refractivity contribution in [3.05, 3.63) is 93.5 Å². The fraction of sp³-hybridized carbons (Fsp3) is 0.0435. The highest BCUT2D eigenvalue weighted by Gasteiger charge is 2.16. The standard InChI is InChI=1S/C23H16ClN3O3S/c1-30-20-12-6-16(7-13-20)21-22(17-4-10-19(11-5-17)27(28)29)31-23(26-21)25-14-15-2-8-18(24)9-3-15/h2-14H,1H3. The number of methoxy groups -OCH3 is 1. The van der Waals surface area contributed by atoms with E-state index in [0.717, 1.165) is 33.0 Å². The summed E-state index contributed by atoms with van der Waals surface area (Å²) >= 11 is 7.35. The molecular formula is C23H16ClN3O3S. The summed E-state index contributed by atoms with van der Waals surface area (Å²) in [6.07, 6.45) is 1.73. The van der Waals surface area contributed by atoms with Gasteiger partial charge in [0.15, 0.2) is 0 Å². The molecule has 4 aromatic rings. The van der Waals surface area contributed by atoms with Gasteiger partial charge in [0.05, 0.1) is 22.6 Å². The lowest BCUT2D eigenvalue weighted by atomic mass is 10.1. The summed E-state index contributed by atoms with van der Waals surface area (Å²) in [4.78, 5) is 20.7. The van der Waals surface area contributed by atoms with E-state index < -0.39 is 4.92 Å². The van der Waals surface area contributed by atoms with Crippen molar-refractivity contribution in [1.29, 1.82) is 0 Å². The van der Waals surface area contributed by atoms with Crippen LogP contribution in [0.4, 0.5) is 10.8 Å². The minimum atomic E-state index is -0.414. The molecule has 0 N–H and O–H groups in total. The molecule has 0 saturated heterocycles. The number of benzene rings is 3. The number of thiazole rings is 1. The SMILES string of the molecule is COc1ccc(-c2nc(N=Cc3ccc(Cl)cc3)sc2-c2ccc([N+](=O)[O-])cc2)cc1. The van der Waals surface area contributed by atoms with Gasteiger partial charge in [-0.1, -0.05) is 35.1 Å². The number of aliphatic imine (C=N–C) groups is 1. The molecule has 0 saturated carbocycles. The van der Waals surface area contributed by atoms with E-state index in [4.69, 9.17) is 21.3 Å². The van der Waals surface area contributed by atoms with E-state index >= 15 is 0 Å². The van der Waals surface area contributed by atoms with Gasteiger partial charge in [-0.3, -0.25) is 10.1 Å². The van der Waals surface area contributed by atoms with Gasteiger partial charge in [-0.25, -0.2) is 9.98 Å². The lowest BCUT2D eigenvalue weighted by Crippen LogP contribution is -1.88. The van der Waals surface area contributed by atoms with E-state index in [-0.39, 0.29) is 5.69 Å². The lowest BCUT2D eigenvalue weighted by Gasteiger charge is -2.04. The van der Waals surface area contributed by atoms with Crippen LogP contribution in [0.3, 0.4) is 0 Å². The monoisotopic (exact) mass is 449 g/mol. The summed E-state index contributed by atoms with van der Waals surface area (Å²) in [6.45, 7) is 0. The first-order chi connectivity index (χ1) is 15.0. The molecule has 6 nitrogen and oxygen atoms in total. The highest BCUT2D eigenvalue weighted by Crippen LogP contribution is 2.40. The Labute approximate surface area is 187 Å². The second-order valence-electron chi connectivity index (χ2n) is 6.52. The van der Waals surface area contributed by atoms with E-state index in [0.29, 0.717) is 10.2 Å². The second kappa shape index (κ2) is 9.07. The predicted molar refractivity (Wildman–Crippen MR) is 125 cm³/mol. The molecule has 4 rings (SSSR count). The zero-order valence-corrected chi connectivity index (χ0v) is 17.9. The van der Waals surface area contributed by atoms with Crippen molar-refractivity contribution >= 4 is 40.0 Å². The highest BCUT2D eigenvalue weighted by atomic mass is 35.5. The molecule has 0 amide bonds. The van der Waals surface area contributed by atoms with Crippen LogP contribution in [0.2, 0.25) is 5.02 Å². The summed E-state index contributed by atoms with van der Waals surface area (Å²) in [5.74, 6) is 0.747. The maximum atomic E-state index is 11.0. The number of halogens is 1. The Balaban J connectivity index is 1.75. The van der Waals surface area contributed by atoms with Gasteiger partial charge in [0, 0.05) is 28.9 Å². The average molecular weight is 450 g/mol. The van der Waals surface area contributed by atoms with Crippen molar-refractivity contribution in [1.82, 2.24) is 4.98 Å². The number of nitro groups is 1. The summed E-state index contributed by atoms with van der Waals surface area (Å²) in [5, 5.41) is 12.2. The van der Waals surface area contributed by atoms with Crippen molar-refractivity contribution in [2.75, 3.05) is 7.11 Å². The van der Waals surface area contributed by atoms with Crippen molar-refractivity contribution in [3.8, 4) is 27.4 Å². The third-order valence-corrected chi connectivity index (χ3v) is 5.78. The molecular weight excluding hydrogens is 434 g/mol. The van der Waals surface area contributed by atoms with Crippen molar-refractivity contribution < 1.29 is 9.66 Å². The van der Waals surface area contributed by atoms with Crippen molar-refractivity contribution in [2.45, 2.75) is 0 Å². The van der Waals surface area contributed by atoms with Gasteiger partial charge in [-0.2, -0.15) is 0 Å². The van der Waals surface area contributed by atoms with Crippen molar-refractivity contribution in [2.24, 2.45) is 4.99 Å². The zero-order valence-electron chi connectivity index (χ0n) is 16.4. The summed E-state index contributed by atoms with van der Waals surface area (Å²) < 4.78 is 5.24. The van der Waals surface area contributed by atoms with E-state index in [2.05, 4.69) is 4.99 Å². The molecule has 8 heteroatoms. The molecule has 0 atom stereocenters. The summed E-state index contributed by atoms with van der Waals surface area (Å²) in [6, 6.07) is 21.4. The van der Waals surface area contributed by atoms with Crippen LogP contribution < -0.4 is 4.74 Å². The molecule has 0 aliphatic heterocycles. The fourth-order valence-corrected chi connectivity index (χ4v) is 3.98. The van der Waals surface area contributed by atoms with Gasteiger partial charge >= 0.3 is 0 Å². The molecule has 0 radical (unpaired) electrons. The van der Waals surface area contributed by atoms with Crippen LogP contribution in [0, 0.1) is 10.1 Å². The van der Waals surface area contributed by atoms with Crippen LogP contribution in [0.25, 0.3) is 21.7 Å². The minimum Gasteiger partial charge on any atom is -0.497 e. The van der Waals surface area contributed by atoms with Crippen LogP contribution in [0.5, 0.6) is 5.75 Å². The number of hydrogen-bond donors (Lipinski definition) is 0.